The molecule has 2 rings (SSSR count). The van der Waals surface area contributed by atoms with E-state index in [-0.39, 0.29) is 0 Å². The molecule has 1 N–H and O–H groups in total. The highest BCUT2D eigenvalue weighted by Gasteiger charge is 2.28. The molecule has 0 spiro atoms. The van der Waals surface area contributed by atoms with Gasteiger partial charge in [0.2, 0.25) is 0 Å². The van der Waals surface area contributed by atoms with Gasteiger partial charge in [-0.2, -0.15) is 0 Å². The summed E-state index contributed by atoms with van der Waals surface area (Å²) in [6.45, 7) is 5.40. The third kappa shape index (κ3) is 4.26. The van der Waals surface area contributed by atoms with Crippen molar-refractivity contribution in [2.24, 2.45) is 0 Å². The lowest BCUT2D eigenvalue weighted by Crippen LogP contribution is -2.26. The summed E-state index contributed by atoms with van der Waals surface area (Å²) in [5.41, 5.74) is 1.18. The van der Waals surface area contributed by atoms with Crippen LogP contribution in [0.5, 0.6) is 11.5 Å². The van der Waals surface area contributed by atoms with Crippen LogP contribution in [0.2, 0.25) is 0 Å². The number of thioether (sulfide) groups is 1. The van der Waals surface area contributed by atoms with Gasteiger partial charge >= 0.3 is 5.97 Å². The molecular weight excluding hydrogens is 284 g/mol. The highest BCUT2D eigenvalue weighted by molar-refractivity contribution is 8.01. The van der Waals surface area contributed by atoms with E-state index in [4.69, 9.17) is 4.74 Å². The van der Waals surface area contributed by atoms with E-state index in [0.717, 1.165) is 10.6 Å². The third-order valence-corrected chi connectivity index (χ3v) is 4.12. The average molecular weight is 302 g/mol. The van der Waals surface area contributed by atoms with Crippen molar-refractivity contribution in [3.05, 3.63) is 54.1 Å². The lowest BCUT2D eigenvalue weighted by Gasteiger charge is -2.18. The predicted octanol–water partition coefficient (Wildman–Crippen LogP) is 4.74. The second kappa shape index (κ2) is 6.22. The summed E-state index contributed by atoms with van der Waals surface area (Å²) in [6, 6.07) is 15.3. The molecule has 0 fully saturated rings. The molecule has 0 radical (unpaired) electrons. The highest BCUT2D eigenvalue weighted by Crippen LogP contribution is 2.35. The van der Waals surface area contributed by atoms with Gasteiger partial charge < -0.3 is 9.84 Å². The number of hydrogen-bond donors (Lipinski definition) is 1. The molecule has 21 heavy (non-hydrogen) atoms. The van der Waals surface area contributed by atoms with E-state index in [0.29, 0.717) is 5.75 Å². The molecule has 4 heteroatoms. The van der Waals surface area contributed by atoms with Gasteiger partial charge in [-0.05, 0) is 51.1 Å². The quantitative estimate of drug-likeness (QED) is 0.810. The molecule has 0 saturated carbocycles. The van der Waals surface area contributed by atoms with Crippen molar-refractivity contribution in [2.75, 3.05) is 0 Å². The number of aliphatic carboxylic acids is 1. The number of carboxylic acid groups (broad SMARTS) is 1. The Morgan fingerprint density at radius 2 is 1.76 bits per heavy atom. The van der Waals surface area contributed by atoms with Gasteiger partial charge in [0.25, 0.3) is 0 Å². The fourth-order valence-corrected chi connectivity index (χ4v) is 2.68. The number of hydrogen-bond acceptors (Lipinski definition) is 3. The first kappa shape index (κ1) is 15.4. The van der Waals surface area contributed by atoms with Crippen LogP contribution in [0.25, 0.3) is 0 Å². The van der Waals surface area contributed by atoms with Crippen LogP contribution in [0.1, 0.15) is 19.4 Å². The van der Waals surface area contributed by atoms with Crippen molar-refractivity contribution < 1.29 is 14.6 Å². The molecule has 0 aliphatic heterocycles. The molecule has 0 saturated heterocycles. The van der Waals surface area contributed by atoms with E-state index in [1.807, 2.05) is 55.5 Å². The van der Waals surface area contributed by atoms with E-state index in [2.05, 4.69) is 0 Å². The van der Waals surface area contributed by atoms with Crippen molar-refractivity contribution in [1.29, 1.82) is 0 Å². The molecule has 3 nitrogen and oxygen atoms in total. The summed E-state index contributed by atoms with van der Waals surface area (Å²) in [5.74, 6) is 0.627. The zero-order valence-corrected chi connectivity index (χ0v) is 13.1. The van der Waals surface area contributed by atoms with Gasteiger partial charge in [0, 0.05) is 4.90 Å². The minimum Gasteiger partial charge on any atom is -0.480 e. The Morgan fingerprint density at radius 1 is 1.10 bits per heavy atom. The first-order valence-electron chi connectivity index (χ1n) is 6.64. The van der Waals surface area contributed by atoms with E-state index in [1.165, 1.54) is 17.3 Å². The van der Waals surface area contributed by atoms with E-state index in [9.17, 15) is 9.90 Å². The molecule has 0 heterocycles. The molecule has 2 aromatic carbocycles. The molecule has 0 aliphatic rings. The third-order valence-electron chi connectivity index (χ3n) is 2.95. The number of ether oxygens (including phenoxy) is 1. The highest BCUT2D eigenvalue weighted by atomic mass is 32.2. The van der Waals surface area contributed by atoms with Crippen molar-refractivity contribution in [3.8, 4) is 11.5 Å². The van der Waals surface area contributed by atoms with Crippen LogP contribution in [0.3, 0.4) is 0 Å². The summed E-state index contributed by atoms with van der Waals surface area (Å²) in [7, 11) is 0. The Hall–Kier alpha value is -1.94. The lowest BCUT2D eigenvalue weighted by atomic mass is 10.2. The van der Waals surface area contributed by atoms with Crippen LogP contribution in [-0.4, -0.2) is 15.8 Å². The van der Waals surface area contributed by atoms with Gasteiger partial charge in [0.15, 0.2) is 0 Å². The molecule has 0 bridgehead atoms. The second-order valence-electron chi connectivity index (χ2n) is 5.31. The number of carbonyl (C=O) groups is 1. The van der Waals surface area contributed by atoms with Gasteiger partial charge in [-0.15, -0.1) is 11.8 Å². The van der Waals surface area contributed by atoms with Crippen LogP contribution in [0.4, 0.5) is 0 Å². The lowest BCUT2D eigenvalue weighted by molar-refractivity contribution is -0.138. The van der Waals surface area contributed by atoms with Crippen molar-refractivity contribution >= 4 is 17.7 Å². The molecular formula is C17H18O3S. The minimum atomic E-state index is -0.873. The van der Waals surface area contributed by atoms with Crippen LogP contribution < -0.4 is 4.74 Å². The van der Waals surface area contributed by atoms with Gasteiger partial charge in [-0.1, -0.05) is 23.8 Å². The normalized spacial score (nSPS) is 11.2. The molecule has 110 valence electrons. The van der Waals surface area contributed by atoms with Gasteiger partial charge in [-0.3, -0.25) is 4.79 Å². The first-order valence-corrected chi connectivity index (χ1v) is 7.45. The Kier molecular flexibility index (Phi) is 4.58. The summed E-state index contributed by atoms with van der Waals surface area (Å²) in [4.78, 5) is 12.0. The monoisotopic (exact) mass is 302 g/mol. The molecule has 0 aliphatic carbocycles. The molecule has 0 unspecified atom stereocenters. The Bertz CT molecular complexity index is 633. The summed E-state index contributed by atoms with van der Waals surface area (Å²) in [5, 5.41) is 9.18. The number of benzene rings is 2. The second-order valence-corrected chi connectivity index (χ2v) is 7.00. The van der Waals surface area contributed by atoms with E-state index < -0.39 is 10.7 Å². The smallest absolute Gasteiger partial charge is 0.319 e. The Balaban J connectivity index is 2.14. The van der Waals surface area contributed by atoms with Crippen LogP contribution >= 0.6 is 11.8 Å². The first-order chi connectivity index (χ1) is 9.87. The predicted molar refractivity (Wildman–Crippen MR) is 85.3 cm³/mol. The molecule has 0 atom stereocenters. The standard InChI is InChI=1S/C17H18O3S/c1-12-7-9-13(10-8-12)20-14-5-4-6-15(11-14)21-17(2,3)16(18)19/h4-11H,1-3H3,(H,18,19). The van der Waals surface area contributed by atoms with Crippen LogP contribution in [0.15, 0.2) is 53.4 Å². The Morgan fingerprint density at radius 3 is 2.38 bits per heavy atom. The summed E-state index contributed by atoms with van der Waals surface area (Å²) >= 11 is 1.30. The minimum absolute atomic E-state index is 0.699. The zero-order chi connectivity index (χ0) is 15.5. The van der Waals surface area contributed by atoms with Crippen molar-refractivity contribution in [1.82, 2.24) is 0 Å². The summed E-state index contributed by atoms with van der Waals surface area (Å²) in [6.07, 6.45) is 0. The largest absolute Gasteiger partial charge is 0.480 e. The number of carboxylic acids is 1. The molecule has 2 aromatic rings. The van der Waals surface area contributed by atoms with Gasteiger partial charge in [-0.25, -0.2) is 0 Å². The van der Waals surface area contributed by atoms with Gasteiger partial charge in [0.05, 0.1) is 0 Å². The topological polar surface area (TPSA) is 46.5 Å². The maximum atomic E-state index is 11.2. The number of aryl methyl sites for hydroxylation is 1. The Labute approximate surface area is 129 Å². The molecule has 0 aromatic heterocycles. The van der Waals surface area contributed by atoms with E-state index >= 15 is 0 Å². The maximum Gasteiger partial charge on any atom is 0.319 e. The van der Waals surface area contributed by atoms with Crippen molar-refractivity contribution in [2.45, 2.75) is 30.4 Å². The average Bonchev–Trinajstić information content (AvgIpc) is 2.41. The SMILES string of the molecule is Cc1ccc(Oc2cccc(SC(C)(C)C(=O)O)c2)cc1. The maximum absolute atomic E-state index is 11.2. The van der Waals surface area contributed by atoms with E-state index in [1.54, 1.807) is 13.8 Å². The fourth-order valence-electron chi connectivity index (χ4n) is 1.68. The zero-order valence-electron chi connectivity index (χ0n) is 12.3. The molecule has 0 amide bonds. The fraction of sp³-hybridized carbons (Fsp3) is 0.235. The van der Waals surface area contributed by atoms with Crippen molar-refractivity contribution in [3.63, 3.8) is 0 Å². The number of rotatable bonds is 5. The van der Waals surface area contributed by atoms with Crippen LogP contribution in [-0.2, 0) is 4.79 Å². The summed E-state index contributed by atoms with van der Waals surface area (Å²) < 4.78 is 4.92. The van der Waals surface area contributed by atoms with Crippen LogP contribution in [0, 0.1) is 6.92 Å². The van der Waals surface area contributed by atoms with Gasteiger partial charge in [0.1, 0.15) is 16.2 Å².